The van der Waals surface area contributed by atoms with Gasteiger partial charge in [-0.3, -0.25) is 0 Å². The molecule has 1 aliphatic carbocycles. The summed E-state index contributed by atoms with van der Waals surface area (Å²) in [6.07, 6.45) is 4.15. The molecule has 134 valence electrons. The summed E-state index contributed by atoms with van der Waals surface area (Å²) in [5, 5.41) is 0.825. The molecule has 1 aliphatic rings. The van der Waals surface area contributed by atoms with Crippen LogP contribution in [-0.2, 0) is 0 Å². The van der Waals surface area contributed by atoms with Gasteiger partial charge < -0.3 is 0 Å². The minimum Gasteiger partial charge on any atom is -0.0988 e. The molecule has 0 fully saturated rings. The van der Waals surface area contributed by atoms with Gasteiger partial charge in [0, 0.05) is 16.9 Å². The molecule has 0 N–H and O–H groups in total. The van der Waals surface area contributed by atoms with Crippen LogP contribution in [0.4, 0.5) is 0 Å². The van der Waals surface area contributed by atoms with Crippen LogP contribution in [0, 0.1) is 11.8 Å². The quantitative estimate of drug-likeness (QED) is 0.355. The Hall–Kier alpha value is -1.27. The fourth-order valence-corrected chi connectivity index (χ4v) is 3.53. The highest BCUT2D eigenvalue weighted by molar-refractivity contribution is 6.33. The largest absolute Gasteiger partial charge is 0.0988 e. The lowest BCUT2D eigenvalue weighted by Gasteiger charge is -2.36. The topological polar surface area (TPSA) is 0 Å². The van der Waals surface area contributed by atoms with E-state index in [1.165, 1.54) is 33.4 Å². The van der Waals surface area contributed by atoms with Crippen molar-refractivity contribution < 1.29 is 0 Å². The highest BCUT2D eigenvalue weighted by atomic mass is 35.5. The van der Waals surface area contributed by atoms with E-state index in [9.17, 15) is 0 Å². The molecule has 0 aromatic rings. The van der Waals surface area contributed by atoms with Gasteiger partial charge >= 0.3 is 0 Å². The average molecular weight is 347 g/mol. The lowest BCUT2D eigenvalue weighted by molar-refractivity contribution is 0.537. The van der Waals surface area contributed by atoms with E-state index in [0.717, 1.165) is 10.6 Å². The molecule has 0 amide bonds. The summed E-state index contributed by atoms with van der Waals surface area (Å²) in [7, 11) is 0. The van der Waals surface area contributed by atoms with Gasteiger partial charge in [0.05, 0.1) is 0 Å². The third-order valence-corrected chi connectivity index (χ3v) is 5.79. The standard InChI is InChI=1S/C21H29Cl.C2H6/c1-10-12(3)14(5)19(13(4)11-2)20-16(7)15(6)17(8)21(22)18(20)9;1-2/h10-11,19-20H,1,8H2,2-7,9H3;1-2H3/b13-11+,14-12-;. The zero-order valence-electron chi connectivity index (χ0n) is 17.1. The van der Waals surface area contributed by atoms with Crippen molar-refractivity contribution in [3.8, 4) is 0 Å². The van der Waals surface area contributed by atoms with Gasteiger partial charge in [-0.15, -0.1) is 0 Å². The molecule has 1 rings (SSSR count). The highest BCUT2D eigenvalue weighted by Gasteiger charge is 2.33. The second-order valence-corrected chi connectivity index (χ2v) is 6.72. The predicted octanol–water partition coefficient (Wildman–Crippen LogP) is 8.15. The number of hydrogen-bond donors (Lipinski definition) is 0. The Morgan fingerprint density at radius 2 is 1.58 bits per heavy atom. The average Bonchev–Trinajstić information content (AvgIpc) is 2.61. The first-order chi connectivity index (χ1) is 11.2. The molecule has 0 heterocycles. The third kappa shape index (κ3) is 4.42. The van der Waals surface area contributed by atoms with Crippen molar-refractivity contribution in [3.63, 3.8) is 0 Å². The fraction of sp³-hybridized carbons (Fsp3) is 0.478. The van der Waals surface area contributed by atoms with Gasteiger partial charge in [0.15, 0.2) is 0 Å². The summed E-state index contributed by atoms with van der Waals surface area (Å²) >= 11 is 6.57. The molecule has 0 aromatic heterocycles. The summed E-state index contributed by atoms with van der Waals surface area (Å²) in [6.45, 7) is 27.2. The van der Waals surface area contributed by atoms with Crippen molar-refractivity contribution >= 4 is 11.6 Å². The minimum atomic E-state index is 0.295. The normalized spacial score (nSPS) is 21.2. The minimum absolute atomic E-state index is 0.295. The van der Waals surface area contributed by atoms with Crippen LogP contribution in [0.25, 0.3) is 0 Å². The van der Waals surface area contributed by atoms with Crippen molar-refractivity contribution in [1.82, 2.24) is 0 Å². The van der Waals surface area contributed by atoms with Crippen LogP contribution in [0.1, 0.15) is 62.3 Å². The van der Waals surface area contributed by atoms with E-state index < -0.39 is 0 Å². The number of halogens is 1. The van der Waals surface area contributed by atoms with E-state index in [1.54, 1.807) is 0 Å². The first-order valence-corrected chi connectivity index (χ1v) is 9.22. The van der Waals surface area contributed by atoms with Crippen LogP contribution in [0.3, 0.4) is 0 Å². The molecule has 1 heteroatoms. The van der Waals surface area contributed by atoms with E-state index in [0.29, 0.717) is 11.8 Å². The monoisotopic (exact) mass is 346 g/mol. The van der Waals surface area contributed by atoms with Crippen molar-refractivity contribution in [1.29, 1.82) is 0 Å². The Morgan fingerprint density at radius 3 is 2.00 bits per heavy atom. The second kappa shape index (κ2) is 9.89. The summed E-state index contributed by atoms with van der Waals surface area (Å²) in [5.41, 5.74) is 8.74. The SMILES string of the molecule is C=C/C(C)=C(/C)C(/C(C)=C/C)C1C(C)=C(C)C(=C)C(Cl)=C1C.CC. The molecule has 0 spiro atoms. The highest BCUT2D eigenvalue weighted by Crippen LogP contribution is 2.46. The van der Waals surface area contributed by atoms with Gasteiger partial charge in [0.2, 0.25) is 0 Å². The fourth-order valence-electron chi connectivity index (χ4n) is 3.28. The third-order valence-electron chi connectivity index (χ3n) is 5.26. The lowest BCUT2D eigenvalue weighted by Crippen LogP contribution is -2.24. The molecule has 0 saturated carbocycles. The Labute approximate surface area is 155 Å². The Kier molecular flexibility index (Phi) is 9.37. The predicted molar refractivity (Wildman–Crippen MR) is 112 cm³/mol. The van der Waals surface area contributed by atoms with E-state index in [-0.39, 0.29) is 0 Å². The van der Waals surface area contributed by atoms with Crippen molar-refractivity contribution in [2.75, 3.05) is 0 Å². The van der Waals surface area contributed by atoms with Crippen LogP contribution in [-0.4, -0.2) is 0 Å². The summed E-state index contributed by atoms with van der Waals surface area (Å²) in [4.78, 5) is 0. The van der Waals surface area contributed by atoms with Gasteiger partial charge in [-0.1, -0.05) is 73.1 Å². The summed E-state index contributed by atoms with van der Waals surface area (Å²) in [5.74, 6) is 0.615. The molecule has 0 bridgehead atoms. The van der Waals surface area contributed by atoms with E-state index >= 15 is 0 Å². The van der Waals surface area contributed by atoms with Gasteiger partial charge in [-0.05, 0) is 65.2 Å². The van der Waals surface area contributed by atoms with Gasteiger partial charge in [-0.25, -0.2) is 0 Å². The number of hydrogen-bond acceptors (Lipinski definition) is 0. The number of allylic oxidation sites excluding steroid dienone is 10. The second-order valence-electron chi connectivity index (χ2n) is 6.34. The first kappa shape index (κ1) is 22.7. The maximum absolute atomic E-state index is 6.57. The molecule has 2 unspecified atom stereocenters. The van der Waals surface area contributed by atoms with Crippen molar-refractivity contribution in [3.05, 3.63) is 69.4 Å². The molecule has 0 aromatic carbocycles. The number of rotatable bonds is 4. The van der Waals surface area contributed by atoms with Crippen molar-refractivity contribution in [2.45, 2.75) is 62.3 Å². The Morgan fingerprint density at radius 1 is 1.08 bits per heavy atom. The van der Waals surface area contributed by atoms with E-state index in [2.05, 4.69) is 67.7 Å². The van der Waals surface area contributed by atoms with Gasteiger partial charge in [0.25, 0.3) is 0 Å². The van der Waals surface area contributed by atoms with Crippen LogP contribution in [0.2, 0.25) is 0 Å². The molecule has 0 radical (unpaired) electrons. The molecule has 0 aliphatic heterocycles. The maximum atomic E-state index is 6.57. The van der Waals surface area contributed by atoms with Crippen LogP contribution < -0.4 is 0 Å². The molecule has 0 nitrogen and oxygen atoms in total. The van der Waals surface area contributed by atoms with Crippen LogP contribution in [0.5, 0.6) is 0 Å². The van der Waals surface area contributed by atoms with E-state index in [4.69, 9.17) is 11.6 Å². The van der Waals surface area contributed by atoms with Crippen LogP contribution in [0.15, 0.2) is 69.4 Å². The summed E-state index contributed by atoms with van der Waals surface area (Å²) in [6, 6.07) is 0. The smallest absolute Gasteiger partial charge is 0.0470 e. The Bertz CT molecular complexity index is 587. The molecular weight excluding hydrogens is 312 g/mol. The van der Waals surface area contributed by atoms with Crippen molar-refractivity contribution in [2.24, 2.45) is 11.8 Å². The lowest BCUT2D eigenvalue weighted by atomic mass is 9.69. The zero-order chi connectivity index (χ0) is 19.2. The van der Waals surface area contributed by atoms with Gasteiger partial charge in [0.1, 0.15) is 0 Å². The zero-order valence-corrected chi connectivity index (χ0v) is 17.9. The molecule has 24 heavy (non-hydrogen) atoms. The van der Waals surface area contributed by atoms with Gasteiger partial charge in [-0.2, -0.15) is 0 Å². The molecule has 2 atom stereocenters. The maximum Gasteiger partial charge on any atom is 0.0470 e. The van der Waals surface area contributed by atoms with E-state index in [1.807, 2.05) is 19.9 Å². The molecular formula is C23H35Cl. The Balaban J connectivity index is 0.00000254. The molecule has 0 saturated heterocycles. The van der Waals surface area contributed by atoms with Crippen LogP contribution >= 0.6 is 11.6 Å². The first-order valence-electron chi connectivity index (χ1n) is 8.84. The summed E-state index contributed by atoms with van der Waals surface area (Å²) < 4.78 is 0.